The molecular weight excluding hydrogens is 92.1 g/mol. The van der Waals surface area contributed by atoms with Crippen molar-refractivity contribution in [1.29, 1.82) is 0 Å². The lowest BCUT2D eigenvalue weighted by atomic mass is 10.4. The van der Waals surface area contributed by atoms with Gasteiger partial charge in [0.1, 0.15) is 0 Å². The minimum Gasteiger partial charge on any atom is -0.225 e. The number of hydrazine groups is 3. The first-order chi connectivity index (χ1) is 3.43. The fourth-order valence-corrected chi connectivity index (χ4v) is 0.487. The van der Waals surface area contributed by atoms with E-state index in [1.165, 1.54) is 0 Å². The summed E-state index contributed by atoms with van der Waals surface area (Å²) in [6.45, 7) is 2.10. The molecule has 0 aliphatic carbocycles. The molecule has 7 heavy (non-hydrogen) atoms. The maximum atomic E-state index is 2.93. The van der Waals surface area contributed by atoms with Gasteiger partial charge in [0.15, 0.2) is 0 Å². The molecule has 0 spiro atoms. The molecule has 0 bridgehead atoms. The molecule has 4 N–H and O–H groups in total. The number of nitrogens with one attached hydrogen (secondary N) is 4. The molecule has 0 aromatic heterocycles. The predicted molar refractivity (Wildman–Crippen MR) is 26.6 cm³/mol. The predicted octanol–water partition coefficient (Wildman–Crippen LogP) is -1.16. The molecule has 0 atom stereocenters. The van der Waals surface area contributed by atoms with Crippen LogP contribution in [0.15, 0.2) is 0 Å². The van der Waals surface area contributed by atoms with E-state index < -0.39 is 0 Å². The molecule has 42 valence electrons. The van der Waals surface area contributed by atoms with Crippen LogP contribution in [-0.2, 0) is 0 Å². The average Bonchev–Trinajstić information content (AvgIpc) is 2.14. The second-order valence-corrected chi connectivity index (χ2v) is 1.50. The zero-order valence-corrected chi connectivity index (χ0v) is 4.28. The molecule has 4 nitrogen and oxygen atoms in total. The van der Waals surface area contributed by atoms with Crippen molar-refractivity contribution in [2.24, 2.45) is 0 Å². The first-order valence-corrected chi connectivity index (χ1v) is 2.44. The molecular formula is C3H10N4. The number of hydrogen-bond donors (Lipinski definition) is 4. The molecule has 4 heteroatoms. The van der Waals surface area contributed by atoms with Gasteiger partial charge in [0, 0.05) is 0 Å². The third-order valence-corrected chi connectivity index (χ3v) is 0.964. The zero-order chi connectivity index (χ0) is 5.11. The van der Waals surface area contributed by atoms with E-state index in [-0.39, 0.29) is 0 Å². The Morgan fingerprint density at radius 1 is 1.29 bits per heavy atom. The Morgan fingerprint density at radius 3 is 2.14 bits per heavy atom. The third-order valence-electron chi connectivity index (χ3n) is 0.964. The van der Waals surface area contributed by atoms with Gasteiger partial charge in [-0.1, -0.05) is 6.92 Å². The van der Waals surface area contributed by atoms with Gasteiger partial charge in [0.05, 0.1) is 6.17 Å². The lowest BCUT2D eigenvalue weighted by Gasteiger charge is -2.00. The molecule has 1 aliphatic rings. The highest BCUT2D eigenvalue weighted by Crippen LogP contribution is 1.81. The largest absolute Gasteiger partial charge is 0.225 e. The highest BCUT2D eigenvalue weighted by atomic mass is 15.8. The van der Waals surface area contributed by atoms with Gasteiger partial charge in [0.2, 0.25) is 0 Å². The van der Waals surface area contributed by atoms with E-state index in [1.54, 1.807) is 0 Å². The Morgan fingerprint density at radius 2 is 1.86 bits per heavy atom. The molecule has 1 heterocycles. The van der Waals surface area contributed by atoms with E-state index in [1.807, 2.05) is 0 Å². The quantitative estimate of drug-likeness (QED) is 0.337. The maximum absolute atomic E-state index is 2.93. The van der Waals surface area contributed by atoms with Crippen molar-refractivity contribution >= 4 is 0 Å². The fraction of sp³-hybridized carbons (Fsp3) is 1.00. The smallest absolute Gasteiger partial charge is 0.0856 e. The summed E-state index contributed by atoms with van der Waals surface area (Å²) >= 11 is 0. The summed E-state index contributed by atoms with van der Waals surface area (Å²) < 4.78 is 0. The lowest BCUT2D eigenvalue weighted by molar-refractivity contribution is 0.510. The van der Waals surface area contributed by atoms with Gasteiger partial charge >= 0.3 is 0 Å². The summed E-state index contributed by atoms with van der Waals surface area (Å²) in [6.07, 6.45) is 1.44. The van der Waals surface area contributed by atoms with Gasteiger partial charge in [-0.15, -0.1) is 0 Å². The van der Waals surface area contributed by atoms with E-state index in [4.69, 9.17) is 0 Å². The molecule has 1 saturated heterocycles. The Kier molecular flexibility index (Phi) is 1.59. The highest BCUT2D eigenvalue weighted by molar-refractivity contribution is 4.57. The Hall–Kier alpha value is -0.160. The number of rotatable bonds is 1. The summed E-state index contributed by atoms with van der Waals surface area (Å²) in [5.41, 5.74) is 11.3. The van der Waals surface area contributed by atoms with E-state index in [2.05, 4.69) is 28.8 Å². The second kappa shape index (κ2) is 2.23. The SMILES string of the molecule is CCC1NNNN1. The van der Waals surface area contributed by atoms with Crippen molar-refractivity contribution in [2.45, 2.75) is 19.5 Å². The van der Waals surface area contributed by atoms with Crippen LogP contribution in [0.4, 0.5) is 0 Å². The molecule has 1 aliphatic heterocycles. The van der Waals surface area contributed by atoms with E-state index in [0.29, 0.717) is 6.17 Å². The summed E-state index contributed by atoms with van der Waals surface area (Å²) in [6, 6.07) is 0. The van der Waals surface area contributed by atoms with Crippen LogP contribution in [0, 0.1) is 0 Å². The molecule has 0 aromatic carbocycles. The van der Waals surface area contributed by atoms with Crippen LogP contribution in [0.1, 0.15) is 13.3 Å². The van der Waals surface area contributed by atoms with Gasteiger partial charge in [-0.2, -0.15) is 11.1 Å². The summed E-state index contributed by atoms with van der Waals surface area (Å²) in [4.78, 5) is 0. The van der Waals surface area contributed by atoms with E-state index >= 15 is 0 Å². The number of hydrogen-bond acceptors (Lipinski definition) is 4. The molecule has 0 saturated carbocycles. The van der Waals surface area contributed by atoms with Crippen molar-refractivity contribution in [3.63, 3.8) is 0 Å². The maximum Gasteiger partial charge on any atom is 0.0856 e. The summed E-state index contributed by atoms with van der Waals surface area (Å²) in [5, 5.41) is 0. The standard InChI is InChI=1S/C3H10N4/c1-2-3-4-6-7-5-3/h3-7H,2H2,1H3. The first-order valence-electron chi connectivity index (χ1n) is 2.44. The minimum atomic E-state index is 0.375. The van der Waals surface area contributed by atoms with Gasteiger partial charge in [-0.3, -0.25) is 0 Å². The summed E-state index contributed by atoms with van der Waals surface area (Å²) in [7, 11) is 0. The van der Waals surface area contributed by atoms with Crippen LogP contribution in [-0.4, -0.2) is 6.17 Å². The second-order valence-electron chi connectivity index (χ2n) is 1.50. The average molecular weight is 102 g/mol. The van der Waals surface area contributed by atoms with Gasteiger partial charge in [-0.25, -0.2) is 10.9 Å². The fourth-order valence-electron chi connectivity index (χ4n) is 0.487. The zero-order valence-electron chi connectivity index (χ0n) is 4.28. The lowest BCUT2D eigenvalue weighted by Crippen LogP contribution is -2.33. The third kappa shape index (κ3) is 1.10. The summed E-state index contributed by atoms with van der Waals surface area (Å²) in [5.74, 6) is 0. The Balaban J connectivity index is 2.14. The van der Waals surface area contributed by atoms with Gasteiger partial charge < -0.3 is 0 Å². The molecule has 0 aromatic rings. The monoisotopic (exact) mass is 102 g/mol. The first kappa shape index (κ1) is 4.99. The van der Waals surface area contributed by atoms with Gasteiger partial charge in [-0.05, 0) is 6.42 Å². The van der Waals surface area contributed by atoms with Crippen molar-refractivity contribution in [2.75, 3.05) is 0 Å². The minimum absolute atomic E-state index is 0.375. The Labute approximate surface area is 42.6 Å². The van der Waals surface area contributed by atoms with Crippen molar-refractivity contribution in [3.8, 4) is 0 Å². The van der Waals surface area contributed by atoms with Crippen LogP contribution in [0.3, 0.4) is 0 Å². The van der Waals surface area contributed by atoms with Crippen LogP contribution in [0.25, 0.3) is 0 Å². The van der Waals surface area contributed by atoms with E-state index in [0.717, 1.165) is 6.42 Å². The van der Waals surface area contributed by atoms with Crippen LogP contribution in [0.5, 0.6) is 0 Å². The van der Waals surface area contributed by atoms with Crippen molar-refractivity contribution in [3.05, 3.63) is 0 Å². The topological polar surface area (TPSA) is 48.1 Å². The van der Waals surface area contributed by atoms with Gasteiger partial charge in [0.25, 0.3) is 0 Å². The Bertz CT molecular complexity index is 48.9. The normalized spacial score (nSPS) is 23.6. The van der Waals surface area contributed by atoms with Crippen molar-refractivity contribution in [1.82, 2.24) is 21.9 Å². The van der Waals surface area contributed by atoms with E-state index in [9.17, 15) is 0 Å². The molecule has 0 unspecified atom stereocenters. The van der Waals surface area contributed by atoms with Crippen molar-refractivity contribution < 1.29 is 0 Å². The molecule has 1 fully saturated rings. The van der Waals surface area contributed by atoms with Crippen LogP contribution >= 0.6 is 0 Å². The molecule has 0 amide bonds. The molecule has 0 radical (unpaired) electrons. The van der Waals surface area contributed by atoms with Crippen LogP contribution < -0.4 is 21.9 Å². The van der Waals surface area contributed by atoms with Crippen LogP contribution in [0.2, 0.25) is 0 Å². The highest BCUT2D eigenvalue weighted by Gasteiger charge is 2.06. The molecule has 1 rings (SSSR count).